The topological polar surface area (TPSA) is 52.0 Å². The van der Waals surface area contributed by atoms with E-state index in [0.717, 1.165) is 17.8 Å². The van der Waals surface area contributed by atoms with Crippen molar-refractivity contribution in [2.24, 2.45) is 0 Å². The van der Waals surface area contributed by atoms with Gasteiger partial charge in [0.1, 0.15) is 0 Å². The van der Waals surface area contributed by atoms with Gasteiger partial charge in [-0.15, -0.1) is 0 Å². The van der Waals surface area contributed by atoms with Gasteiger partial charge in [0.15, 0.2) is 0 Å². The van der Waals surface area contributed by atoms with Crippen molar-refractivity contribution < 1.29 is 0 Å². The number of hydrogen-bond donors (Lipinski definition) is 2. The van der Waals surface area contributed by atoms with Crippen molar-refractivity contribution in [3.8, 4) is 0 Å². The lowest BCUT2D eigenvalue weighted by atomic mass is 9.97. The lowest BCUT2D eigenvalue weighted by molar-refractivity contribution is 0.736. The third kappa shape index (κ3) is 1.70. The van der Waals surface area contributed by atoms with E-state index in [0.29, 0.717) is 5.92 Å². The summed E-state index contributed by atoms with van der Waals surface area (Å²) in [7, 11) is 0. The van der Waals surface area contributed by atoms with E-state index in [1.54, 1.807) is 0 Å². The van der Waals surface area contributed by atoms with Crippen molar-refractivity contribution >= 4 is 11.4 Å². The molecule has 12 heavy (non-hydrogen) atoms. The Morgan fingerprint density at radius 3 is 2.50 bits per heavy atom. The molecular weight excluding hydrogens is 148 g/mol. The fourth-order valence-electron chi connectivity index (χ4n) is 1.26. The zero-order valence-electron chi connectivity index (χ0n) is 7.67. The highest BCUT2D eigenvalue weighted by Crippen LogP contribution is 2.25. The van der Waals surface area contributed by atoms with Gasteiger partial charge in [-0.3, -0.25) is 0 Å². The molecular formula is C10H16N2. The number of anilines is 2. The first-order valence-electron chi connectivity index (χ1n) is 4.30. The zero-order valence-corrected chi connectivity index (χ0v) is 7.67. The van der Waals surface area contributed by atoms with Gasteiger partial charge in [0.25, 0.3) is 0 Å². The van der Waals surface area contributed by atoms with Gasteiger partial charge >= 0.3 is 0 Å². The maximum absolute atomic E-state index is 5.82. The van der Waals surface area contributed by atoms with Crippen molar-refractivity contribution in [3.63, 3.8) is 0 Å². The number of nitrogens with two attached hydrogens (primary N) is 2. The van der Waals surface area contributed by atoms with E-state index in [4.69, 9.17) is 11.5 Å². The van der Waals surface area contributed by atoms with E-state index < -0.39 is 0 Å². The first-order chi connectivity index (χ1) is 5.65. The van der Waals surface area contributed by atoms with E-state index >= 15 is 0 Å². The van der Waals surface area contributed by atoms with Crippen LogP contribution in [-0.2, 0) is 0 Å². The van der Waals surface area contributed by atoms with E-state index in [1.807, 2.05) is 18.2 Å². The molecule has 66 valence electrons. The Morgan fingerprint density at radius 2 is 2.00 bits per heavy atom. The van der Waals surface area contributed by atoms with Crippen LogP contribution in [0.25, 0.3) is 0 Å². The average molecular weight is 164 g/mol. The van der Waals surface area contributed by atoms with Crippen LogP contribution in [0.5, 0.6) is 0 Å². The van der Waals surface area contributed by atoms with Crippen molar-refractivity contribution in [2.45, 2.75) is 26.2 Å². The summed E-state index contributed by atoms with van der Waals surface area (Å²) in [6.07, 6.45) is 1.11. The Labute approximate surface area is 73.6 Å². The summed E-state index contributed by atoms with van der Waals surface area (Å²) in [5, 5.41) is 0. The lowest BCUT2D eigenvalue weighted by Gasteiger charge is -2.12. The molecule has 2 heteroatoms. The van der Waals surface area contributed by atoms with Crippen molar-refractivity contribution in [1.29, 1.82) is 0 Å². The molecule has 0 heterocycles. The van der Waals surface area contributed by atoms with Gasteiger partial charge in [-0.2, -0.15) is 0 Å². The molecule has 1 aromatic rings. The lowest BCUT2D eigenvalue weighted by Crippen LogP contribution is -1.99. The number of nitrogen functional groups attached to an aromatic ring is 2. The Hall–Kier alpha value is -1.18. The fraction of sp³-hybridized carbons (Fsp3) is 0.400. The Balaban J connectivity index is 3.01. The molecule has 2 nitrogen and oxygen atoms in total. The van der Waals surface area contributed by atoms with Gasteiger partial charge in [0.05, 0.1) is 0 Å². The van der Waals surface area contributed by atoms with E-state index in [-0.39, 0.29) is 0 Å². The summed E-state index contributed by atoms with van der Waals surface area (Å²) in [6.45, 7) is 4.32. The number of rotatable bonds is 2. The Kier molecular flexibility index (Phi) is 2.58. The van der Waals surface area contributed by atoms with Gasteiger partial charge in [0, 0.05) is 11.4 Å². The second-order valence-corrected chi connectivity index (χ2v) is 3.20. The summed E-state index contributed by atoms with van der Waals surface area (Å²) in [6, 6.07) is 5.73. The van der Waals surface area contributed by atoms with Gasteiger partial charge < -0.3 is 11.5 Å². The van der Waals surface area contributed by atoms with Crippen LogP contribution in [0.1, 0.15) is 31.7 Å². The first-order valence-corrected chi connectivity index (χ1v) is 4.30. The van der Waals surface area contributed by atoms with Crippen LogP contribution < -0.4 is 11.5 Å². The number of benzene rings is 1. The molecule has 1 rings (SSSR count). The predicted molar refractivity (Wildman–Crippen MR) is 54.0 cm³/mol. The van der Waals surface area contributed by atoms with Crippen LogP contribution in [0.2, 0.25) is 0 Å². The van der Waals surface area contributed by atoms with E-state index in [9.17, 15) is 0 Å². The van der Waals surface area contributed by atoms with Gasteiger partial charge in [0.2, 0.25) is 0 Å². The van der Waals surface area contributed by atoms with Gasteiger partial charge in [-0.25, -0.2) is 0 Å². The van der Waals surface area contributed by atoms with E-state index in [2.05, 4.69) is 13.8 Å². The molecule has 0 aromatic heterocycles. The normalized spacial score (nSPS) is 12.8. The highest BCUT2D eigenvalue weighted by molar-refractivity contribution is 5.57. The maximum Gasteiger partial charge on any atom is 0.0369 e. The second-order valence-electron chi connectivity index (χ2n) is 3.20. The SMILES string of the molecule is CCC(C)c1ccc(N)cc1N. The molecule has 0 aliphatic carbocycles. The number of hydrogen-bond acceptors (Lipinski definition) is 2. The molecule has 1 aromatic carbocycles. The van der Waals surface area contributed by atoms with Crippen LogP contribution in [-0.4, -0.2) is 0 Å². The van der Waals surface area contributed by atoms with Crippen LogP contribution in [0, 0.1) is 0 Å². The minimum absolute atomic E-state index is 0.519. The second kappa shape index (κ2) is 3.48. The summed E-state index contributed by atoms with van der Waals surface area (Å²) in [5.74, 6) is 0.519. The zero-order chi connectivity index (χ0) is 9.14. The standard InChI is InChI=1S/C10H16N2/c1-3-7(2)9-5-4-8(11)6-10(9)12/h4-7H,3,11-12H2,1-2H3. The van der Waals surface area contributed by atoms with Crippen LogP contribution in [0.4, 0.5) is 11.4 Å². The summed E-state index contributed by atoms with van der Waals surface area (Å²) in [5.41, 5.74) is 14.2. The highest BCUT2D eigenvalue weighted by atomic mass is 14.6. The molecule has 0 fully saturated rings. The third-order valence-electron chi connectivity index (χ3n) is 2.25. The van der Waals surface area contributed by atoms with Crippen LogP contribution in [0.15, 0.2) is 18.2 Å². The van der Waals surface area contributed by atoms with Crippen molar-refractivity contribution in [1.82, 2.24) is 0 Å². The molecule has 0 amide bonds. The van der Waals surface area contributed by atoms with Crippen molar-refractivity contribution in [3.05, 3.63) is 23.8 Å². The van der Waals surface area contributed by atoms with Crippen LogP contribution >= 0.6 is 0 Å². The quantitative estimate of drug-likeness (QED) is 0.659. The molecule has 4 N–H and O–H groups in total. The van der Waals surface area contributed by atoms with Crippen molar-refractivity contribution in [2.75, 3.05) is 11.5 Å². The average Bonchev–Trinajstić information content (AvgIpc) is 2.03. The fourth-order valence-corrected chi connectivity index (χ4v) is 1.26. The minimum Gasteiger partial charge on any atom is -0.399 e. The Morgan fingerprint density at radius 1 is 1.33 bits per heavy atom. The summed E-state index contributed by atoms with van der Waals surface area (Å²) < 4.78 is 0. The molecule has 0 radical (unpaired) electrons. The molecule has 0 bridgehead atoms. The van der Waals surface area contributed by atoms with E-state index in [1.165, 1.54) is 5.56 Å². The maximum atomic E-state index is 5.82. The third-order valence-corrected chi connectivity index (χ3v) is 2.25. The Bertz CT molecular complexity index is 269. The largest absolute Gasteiger partial charge is 0.399 e. The molecule has 1 unspecified atom stereocenters. The smallest absolute Gasteiger partial charge is 0.0369 e. The first kappa shape index (κ1) is 8.91. The van der Waals surface area contributed by atoms with Gasteiger partial charge in [-0.1, -0.05) is 19.9 Å². The summed E-state index contributed by atoms with van der Waals surface area (Å²) >= 11 is 0. The molecule has 0 saturated heterocycles. The molecule has 0 spiro atoms. The highest BCUT2D eigenvalue weighted by Gasteiger charge is 2.05. The molecule has 1 atom stereocenters. The predicted octanol–water partition coefficient (Wildman–Crippen LogP) is 2.36. The minimum atomic E-state index is 0.519. The summed E-state index contributed by atoms with van der Waals surface area (Å²) in [4.78, 5) is 0. The molecule has 0 aliphatic rings. The molecule has 0 aliphatic heterocycles. The molecule has 0 saturated carbocycles. The monoisotopic (exact) mass is 164 g/mol. The van der Waals surface area contributed by atoms with Gasteiger partial charge in [-0.05, 0) is 30.0 Å². The van der Waals surface area contributed by atoms with Crippen LogP contribution in [0.3, 0.4) is 0 Å².